The van der Waals surface area contributed by atoms with Gasteiger partial charge in [-0.25, -0.2) is 15.0 Å². The fourth-order valence-corrected chi connectivity index (χ4v) is 4.68. The molecule has 0 spiro atoms. The number of pyridine rings is 1. The number of fused-ring (bicyclic) bond motifs is 1. The van der Waals surface area contributed by atoms with Crippen molar-refractivity contribution in [2.24, 2.45) is 0 Å². The predicted molar refractivity (Wildman–Crippen MR) is 138 cm³/mol. The molecule has 0 bridgehead atoms. The SMILES string of the molecule is C[C@H](NC(=O)c1nc(-c2cscn2)cnc1N)c1cc2cccc(Cl)c2c(=O)n1-c1ccccc1. The second-order valence-electron chi connectivity index (χ2n) is 7.81. The van der Waals surface area contributed by atoms with Gasteiger partial charge in [-0.1, -0.05) is 41.9 Å². The lowest BCUT2D eigenvalue weighted by molar-refractivity contribution is 0.0934. The molecule has 2 aromatic carbocycles. The Morgan fingerprint density at radius 1 is 1.11 bits per heavy atom. The summed E-state index contributed by atoms with van der Waals surface area (Å²) in [5, 5.41) is 6.17. The second kappa shape index (κ2) is 9.28. The largest absolute Gasteiger partial charge is 0.382 e. The van der Waals surface area contributed by atoms with E-state index in [0.717, 1.165) is 0 Å². The summed E-state index contributed by atoms with van der Waals surface area (Å²) < 4.78 is 1.56. The van der Waals surface area contributed by atoms with Gasteiger partial charge in [0.25, 0.3) is 11.5 Å². The summed E-state index contributed by atoms with van der Waals surface area (Å²) in [6.45, 7) is 1.79. The molecule has 3 heterocycles. The smallest absolute Gasteiger partial charge is 0.274 e. The van der Waals surface area contributed by atoms with Crippen molar-refractivity contribution in [1.82, 2.24) is 24.8 Å². The van der Waals surface area contributed by atoms with Crippen LogP contribution in [0.25, 0.3) is 27.8 Å². The Hall–Kier alpha value is -4.08. The van der Waals surface area contributed by atoms with Crippen LogP contribution in [0.3, 0.4) is 0 Å². The van der Waals surface area contributed by atoms with E-state index in [-0.39, 0.29) is 17.1 Å². The summed E-state index contributed by atoms with van der Waals surface area (Å²) in [4.78, 5) is 39.5. The van der Waals surface area contributed by atoms with Crippen LogP contribution in [0.2, 0.25) is 5.02 Å². The van der Waals surface area contributed by atoms with Gasteiger partial charge in [0, 0.05) is 16.8 Å². The van der Waals surface area contributed by atoms with Crippen LogP contribution in [0.1, 0.15) is 29.1 Å². The third-order valence-corrected chi connectivity index (χ3v) is 6.44. The highest BCUT2D eigenvalue weighted by molar-refractivity contribution is 7.07. The highest BCUT2D eigenvalue weighted by atomic mass is 35.5. The molecule has 0 saturated heterocycles. The van der Waals surface area contributed by atoms with Crippen molar-refractivity contribution in [3.63, 3.8) is 0 Å². The highest BCUT2D eigenvalue weighted by Gasteiger charge is 2.22. The molecule has 10 heteroatoms. The zero-order valence-corrected chi connectivity index (χ0v) is 20.0. The summed E-state index contributed by atoms with van der Waals surface area (Å²) in [7, 11) is 0. The average Bonchev–Trinajstić information content (AvgIpc) is 3.39. The Balaban J connectivity index is 1.58. The normalized spacial score (nSPS) is 11.9. The number of thiazole rings is 1. The third-order valence-electron chi connectivity index (χ3n) is 5.54. The minimum Gasteiger partial charge on any atom is -0.382 e. The maximum absolute atomic E-state index is 13.6. The van der Waals surface area contributed by atoms with Gasteiger partial charge >= 0.3 is 0 Å². The van der Waals surface area contributed by atoms with Crippen LogP contribution in [0.15, 0.2) is 76.5 Å². The maximum Gasteiger partial charge on any atom is 0.274 e. The molecule has 0 radical (unpaired) electrons. The highest BCUT2D eigenvalue weighted by Crippen LogP contribution is 2.26. The number of halogens is 1. The number of hydrogen-bond donors (Lipinski definition) is 2. The molecule has 8 nitrogen and oxygen atoms in total. The number of amides is 1. The van der Waals surface area contributed by atoms with Crippen molar-refractivity contribution in [3.8, 4) is 17.1 Å². The topological polar surface area (TPSA) is 116 Å². The van der Waals surface area contributed by atoms with E-state index in [1.54, 1.807) is 29.1 Å². The zero-order valence-electron chi connectivity index (χ0n) is 18.5. The van der Waals surface area contributed by atoms with E-state index < -0.39 is 11.9 Å². The Morgan fingerprint density at radius 3 is 2.66 bits per heavy atom. The second-order valence-corrected chi connectivity index (χ2v) is 8.93. The monoisotopic (exact) mass is 502 g/mol. The quantitative estimate of drug-likeness (QED) is 0.362. The minimum absolute atomic E-state index is 0.000535. The summed E-state index contributed by atoms with van der Waals surface area (Å²) in [6, 6.07) is 15.7. The number of carbonyl (C=O) groups is 1. The van der Waals surface area contributed by atoms with Gasteiger partial charge in [-0.15, -0.1) is 11.3 Å². The van der Waals surface area contributed by atoms with Gasteiger partial charge in [0.1, 0.15) is 11.4 Å². The molecule has 3 N–H and O–H groups in total. The molecular weight excluding hydrogens is 484 g/mol. The number of nitrogen functional groups attached to an aromatic ring is 1. The van der Waals surface area contributed by atoms with Crippen molar-refractivity contribution >= 4 is 45.4 Å². The molecule has 0 aliphatic heterocycles. The Morgan fingerprint density at radius 2 is 1.91 bits per heavy atom. The van der Waals surface area contributed by atoms with Gasteiger partial charge in [-0.2, -0.15) is 0 Å². The van der Waals surface area contributed by atoms with Gasteiger partial charge < -0.3 is 11.1 Å². The molecule has 1 amide bonds. The first-order valence-corrected chi connectivity index (χ1v) is 12.0. The van der Waals surface area contributed by atoms with E-state index in [1.807, 2.05) is 47.8 Å². The number of nitrogens with one attached hydrogen (secondary N) is 1. The molecular formula is C25H19ClN6O2S. The number of benzene rings is 2. The Kier molecular flexibility index (Phi) is 6.02. The minimum atomic E-state index is -0.581. The molecule has 0 aliphatic rings. The molecule has 5 rings (SSSR count). The van der Waals surface area contributed by atoms with Crippen molar-refractivity contribution < 1.29 is 4.79 Å². The van der Waals surface area contributed by atoms with Crippen molar-refractivity contribution in [1.29, 1.82) is 0 Å². The number of rotatable bonds is 5. The van der Waals surface area contributed by atoms with E-state index in [0.29, 0.717) is 38.6 Å². The van der Waals surface area contributed by atoms with Gasteiger partial charge in [0.05, 0.1) is 28.2 Å². The number of carbonyl (C=O) groups excluding carboxylic acids is 1. The fraction of sp³-hybridized carbons (Fsp3) is 0.0800. The lowest BCUT2D eigenvalue weighted by Gasteiger charge is -2.21. The fourth-order valence-electron chi connectivity index (χ4n) is 3.87. The summed E-state index contributed by atoms with van der Waals surface area (Å²) in [6.07, 6.45) is 1.48. The molecule has 0 unspecified atom stereocenters. The van der Waals surface area contributed by atoms with Crippen molar-refractivity contribution in [2.45, 2.75) is 13.0 Å². The zero-order chi connectivity index (χ0) is 24.5. The molecule has 0 saturated carbocycles. The Labute approximate surface area is 209 Å². The Bertz CT molecular complexity index is 1600. The molecule has 3 aromatic heterocycles. The average molecular weight is 503 g/mol. The first-order valence-electron chi connectivity index (χ1n) is 10.7. The molecule has 0 fully saturated rings. The van der Waals surface area contributed by atoms with E-state index in [9.17, 15) is 9.59 Å². The number of para-hydroxylation sites is 1. The van der Waals surface area contributed by atoms with Crippen LogP contribution in [-0.4, -0.2) is 25.4 Å². The number of nitrogens with two attached hydrogens (primary N) is 1. The molecule has 174 valence electrons. The van der Waals surface area contributed by atoms with Gasteiger partial charge in [-0.05, 0) is 36.6 Å². The van der Waals surface area contributed by atoms with Gasteiger partial charge in [-0.3, -0.25) is 14.2 Å². The lowest BCUT2D eigenvalue weighted by atomic mass is 10.1. The van der Waals surface area contributed by atoms with Crippen LogP contribution in [0.4, 0.5) is 5.82 Å². The van der Waals surface area contributed by atoms with Crippen LogP contribution in [0, 0.1) is 0 Å². The standard InChI is InChI=1S/C25H19ClN6O2S/c1-14(30-24(33)22-23(27)28-11-18(31-22)19-12-35-13-29-19)20-10-15-6-5-9-17(26)21(15)25(34)32(20)16-7-3-2-4-8-16/h2-14H,1H3,(H2,27,28)(H,30,33)/t14-/m0/s1. The predicted octanol–water partition coefficient (Wildman–Crippen LogP) is 4.63. The molecule has 0 aliphatic carbocycles. The lowest BCUT2D eigenvalue weighted by Crippen LogP contribution is -2.33. The molecule has 5 aromatic rings. The summed E-state index contributed by atoms with van der Waals surface area (Å²) in [5.41, 5.74) is 9.63. The van der Waals surface area contributed by atoms with Crippen LogP contribution >= 0.6 is 22.9 Å². The van der Waals surface area contributed by atoms with E-state index in [1.165, 1.54) is 17.5 Å². The van der Waals surface area contributed by atoms with E-state index in [4.69, 9.17) is 17.3 Å². The summed E-state index contributed by atoms with van der Waals surface area (Å²) >= 11 is 7.79. The molecule has 35 heavy (non-hydrogen) atoms. The number of anilines is 1. The van der Waals surface area contributed by atoms with E-state index in [2.05, 4.69) is 20.3 Å². The first-order chi connectivity index (χ1) is 16.9. The van der Waals surface area contributed by atoms with E-state index >= 15 is 0 Å². The molecule has 1 atom stereocenters. The number of nitrogens with zero attached hydrogens (tertiary/aromatic N) is 4. The first kappa shape index (κ1) is 22.7. The third kappa shape index (κ3) is 4.27. The maximum atomic E-state index is 13.6. The number of hydrogen-bond acceptors (Lipinski definition) is 7. The van der Waals surface area contributed by atoms with Crippen LogP contribution < -0.4 is 16.6 Å². The van der Waals surface area contributed by atoms with Crippen LogP contribution in [0.5, 0.6) is 0 Å². The summed E-state index contributed by atoms with van der Waals surface area (Å²) in [5.74, 6) is -0.516. The number of aromatic nitrogens is 4. The van der Waals surface area contributed by atoms with Gasteiger partial charge in [0.15, 0.2) is 11.5 Å². The van der Waals surface area contributed by atoms with Crippen molar-refractivity contribution in [3.05, 3.63) is 98.4 Å². The van der Waals surface area contributed by atoms with Crippen molar-refractivity contribution in [2.75, 3.05) is 5.73 Å². The van der Waals surface area contributed by atoms with Crippen LogP contribution in [-0.2, 0) is 0 Å². The van der Waals surface area contributed by atoms with Gasteiger partial charge in [0.2, 0.25) is 0 Å².